The highest BCUT2D eigenvalue weighted by molar-refractivity contribution is 8.29. The van der Waals surface area contributed by atoms with Crippen LogP contribution in [0.4, 0.5) is 5.82 Å². The summed E-state index contributed by atoms with van der Waals surface area (Å²) in [5.41, 5.74) is 0.624. The van der Waals surface area contributed by atoms with Crippen LogP contribution in [0.5, 0.6) is 5.75 Å². The maximum absolute atomic E-state index is 11.0. The number of thiol groups is 1. The van der Waals surface area contributed by atoms with Gasteiger partial charge in [0.15, 0.2) is 5.82 Å². The van der Waals surface area contributed by atoms with E-state index in [4.69, 9.17) is 4.74 Å². The molecule has 5 rings (SSSR count). The number of benzene rings is 1. The first-order valence-electron chi connectivity index (χ1n) is 9.46. The fourth-order valence-corrected chi connectivity index (χ4v) is 5.33. The second kappa shape index (κ2) is 7.06. The molecule has 1 aliphatic heterocycles. The smallest absolute Gasteiger partial charge is 0.162 e. The van der Waals surface area contributed by atoms with Crippen LogP contribution in [0.1, 0.15) is 37.3 Å². The van der Waals surface area contributed by atoms with Crippen molar-refractivity contribution in [1.29, 1.82) is 0 Å². The fourth-order valence-electron chi connectivity index (χ4n) is 3.18. The van der Waals surface area contributed by atoms with Crippen LogP contribution in [-0.2, 0) is 0 Å². The molecule has 9 heteroatoms. The summed E-state index contributed by atoms with van der Waals surface area (Å²) in [6, 6.07) is 7.77. The molecule has 0 radical (unpaired) electrons. The van der Waals surface area contributed by atoms with Crippen molar-refractivity contribution in [1.82, 2.24) is 24.0 Å². The Morgan fingerprint density at radius 3 is 2.86 bits per heavy atom. The second-order valence-corrected chi connectivity index (χ2v) is 9.16. The highest BCUT2D eigenvalue weighted by atomic mass is 32.2. The number of aromatic nitrogens is 5. The standard InChI is InChI=1S/C19H22N6O2S/c1-2-18-21-17-9-20-12-25(17)28(18)19(26)16-10-24(23-22-16)14-5-7-15(8-6-14)27-11-13-3-4-13/h5-10,12-13,19,26,28H,2-4,11H2,1H3. The third-order valence-corrected chi connectivity index (χ3v) is 7.39. The number of aliphatic imine (C=N–C) groups is 1. The van der Waals surface area contributed by atoms with Crippen LogP contribution in [0, 0.1) is 5.92 Å². The highest BCUT2D eigenvalue weighted by Crippen LogP contribution is 2.50. The Morgan fingerprint density at radius 1 is 1.29 bits per heavy atom. The van der Waals surface area contributed by atoms with Gasteiger partial charge in [0, 0.05) is 0 Å². The largest absolute Gasteiger partial charge is 0.493 e. The summed E-state index contributed by atoms with van der Waals surface area (Å²) in [5.74, 6) is 2.38. The normalized spacial score (nSPS) is 20.6. The summed E-state index contributed by atoms with van der Waals surface area (Å²) in [5, 5.41) is 20.4. The molecule has 0 bridgehead atoms. The van der Waals surface area contributed by atoms with E-state index in [2.05, 4.69) is 20.3 Å². The molecule has 1 aliphatic carbocycles. The number of rotatable bonds is 7. The van der Waals surface area contributed by atoms with Gasteiger partial charge in [-0.2, -0.15) is 0 Å². The molecule has 0 amide bonds. The third-order valence-electron chi connectivity index (χ3n) is 4.95. The van der Waals surface area contributed by atoms with Crippen molar-refractivity contribution in [2.45, 2.75) is 31.6 Å². The van der Waals surface area contributed by atoms with E-state index in [1.54, 1.807) is 23.4 Å². The molecule has 3 aromatic rings. The van der Waals surface area contributed by atoms with E-state index in [0.29, 0.717) is 5.69 Å². The molecular weight excluding hydrogens is 376 g/mol. The van der Waals surface area contributed by atoms with Gasteiger partial charge in [0.25, 0.3) is 0 Å². The lowest BCUT2D eigenvalue weighted by molar-refractivity contribution is 0.263. The first-order chi connectivity index (χ1) is 13.7. The molecule has 0 spiro atoms. The van der Waals surface area contributed by atoms with Gasteiger partial charge in [0.2, 0.25) is 0 Å². The van der Waals surface area contributed by atoms with E-state index in [1.807, 2.05) is 35.2 Å². The van der Waals surface area contributed by atoms with Crippen molar-refractivity contribution in [2.75, 3.05) is 6.61 Å². The average Bonchev–Trinajstić information content (AvgIpc) is 3.10. The Labute approximate surface area is 165 Å². The van der Waals surface area contributed by atoms with Crippen LogP contribution in [0.2, 0.25) is 0 Å². The summed E-state index contributed by atoms with van der Waals surface area (Å²) < 4.78 is 9.40. The summed E-state index contributed by atoms with van der Waals surface area (Å²) in [7, 11) is 0. The van der Waals surface area contributed by atoms with Crippen molar-refractivity contribution < 1.29 is 9.84 Å². The monoisotopic (exact) mass is 398 g/mol. The third kappa shape index (κ3) is 3.20. The van der Waals surface area contributed by atoms with Crippen LogP contribution in [0.15, 0.2) is 48.0 Å². The van der Waals surface area contributed by atoms with E-state index in [9.17, 15) is 5.11 Å². The molecule has 2 unspecified atom stereocenters. The summed E-state index contributed by atoms with van der Waals surface area (Å²) in [4.78, 5) is 8.72. The van der Waals surface area contributed by atoms with E-state index in [-0.39, 0.29) is 0 Å². The SMILES string of the molecule is CCC1=Nc2cncn2[SH]1C(O)c1cn(-c2ccc(OCC3CC3)cc2)nn1. The highest BCUT2D eigenvalue weighted by Gasteiger charge is 2.31. The maximum atomic E-state index is 11.0. The number of aliphatic hydroxyl groups excluding tert-OH is 1. The minimum Gasteiger partial charge on any atom is -0.493 e. The number of hydrogen-bond acceptors (Lipinski definition) is 6. The molecular formula is C19H22N6O2S. The fraction of sp³-hybridized carbons (Fsp3) is 0.368. The minimum absolute atomic E-state index is 0.530. The number of aliphatic hydroxyl groups is 1. The quantitative estimate of drug-likeness (QED) is 0.597. The van der Waals surface area contributed by atoms with Crippen molar-refractivity contribution >= 4 is 21.9 Å². The van der Waals surface area contributed by atoms with Gasteiger partial charge in [-0.05, 0) is 49.4 Å². The molecule has 2 aliphatic rings. The number of hydrogen-bond donors (Lipinski definition) is 2. The topological polar surface area (TPSA) is 90.3 Å². The zero-order valence-corrected chi connectivity index (χ0v) is 16.4. The average molecular weight is 398 g/mol. The van der Waals surface area contributed by atoms with Gasteiger partial charge in [-0.3, -0.25) is 3.97 Å². The zero-order chi connectivity index (χ0) is 19.1. The van der Waals surface area contributed by atoms with Crippen LogP contribution in [0.3, 0.4) is 0 Å². The van der Waals surface area contributed by atoms with Crippen molar-refractivity contribution in [3.63, 3.8) is 0 Å². The molecule has 1 N–H and O–H groups in total. The van der Waals surface area contributed by atoms with E-state index in [1.165, 1.54) is 12.8 Å². The van der Waals surface area contributed by atoms with E-state index in [0.717, 1.165) is 41.2 Å². The van der Waals surface area contributed by atoms with Crippen LogP contribution in [-0.4, -0.2) is 40.7 Å². The Kier molecular flexibility index (Phi) is 4.40. The van der Waals surface area contributed by atoms with Gasteiger partial charge in [-0.25, -0.2) is 14.7 Å². The Hall–Kier alpha value is -2.65. The molecule has 1 saturated carbocycles. The molecule has 2 atom stereocenters. The molecule has 1 fully saturated rings. The maximum Gasteiger partial charge on any atom is 0.162 e. The Balaban J connectivity index is 1.33. The van der Waals surface area contributed by atoms with Gasteiger partial charge in [-0.1, -0.05) is 23.2 Å². The van der Waals surface area contributed by atoms with Crippen molar-refractivity contribution in [2.24, 2.45) is 10.9 Å². The minimum atomic E-state index is -1.07. The zero-order valence-electron chi connectivity index (χ0n) is 15.5. The van der Waals surface area contributed by atoms with Crippen LogP contribution >= 0.6 is 11.1 Å². The first kappa shape index (κ1) is 17.4. The van der Waals surface area contributed by atoms with Gasteiger partial charge in [-0.15, -0.1) is 5.10 Å². The lowest BCUT2D eigenvalue weighted by atomic mass is 10.3. The Bertz CT molecular complexity index is 1010. The first-order valence-corrected chi connectivity index (χ1v) is 10.8. The molecule has 28 heavy (non-hydrogen) atoms. The number of nitrogens with zero attached hydrogens (tertiary/aromatic N) is 6. The molecule has 8 nitrogen and oxygen atoms in total. The second-order valence-electron chi connectivity index (χ2n) is 7.03. The number of fused-ring (bicyclic) bond motifs is 1. The van der Waals surface area contributed by atoms with Crippen molar-refractivity contribution in [3.8, 4) is 11.4 Å². The van der Waals surface area contributed by atoms with Crippen LogP contribution < -0.4 is 4.74 Å². The van der Waals surface area contributed by atoms with E-state index >= 15 is 0 Å². The molecule has 146 valence electrons. The van der Waals surface area contributed by atoms with Gasteiger partial charge in [0.1, 0.15) is 23.2 Å². The summed E-state index contributed by atoms with van der Waals surface area (Å²) >= 11 is -1.07. The Morgan fingerprint density at radius 2 is 2.11 bits per heavy atom. The number of ether oxygens (including phenoxy) is 1. The lowest BCUT2D eigenvalue weighted by Crippen LogP contribution is -2.10. The predicted octanol–water partition coefficient (Wildman–Crippen LogP) is 3.16. The molecule has 1 aromatic carbocycles. The van der Waals surface area contributed by atoms with E-state index < -0.39 is 16.5 Å². The van der Waals surface area contributed by atoms with Gasteiger partial charge in [0.05, 0.1) is 29.7 Å². The molecule has 0 saturated heterocycles. The summed E-state index contributed by atoms with van der Waals surface area (Å²) in [6.45, 7) is 2.84. The van der Waals surface area contributed by atoms with Crippen molar-refractivity contribution in [3.05, 3.63) is 48.7 Å². The lowest BCUT2D eigenvalue weighted by Gasteiger charge is -2.23. The molecule has 3 heterocycles. The van der Waals surface area contributed by atoms with Gasteiger partial charge >= 0.3 is 0 Å². The molecule has 2 aromatic heterocycles. The van der Waals surface area contributed by atoms with Crippen LogP contribution in [0.25, 0.3) is 5.69 Å². The van der Waals surface area contributed by atoms with Gasteiger partial charge < -0.3 is 9.84 Å². The summed E-state index contributed by atoms with van der Waals surface area (Å²) in [6.07, 6.45) is 8.54. The predicted molar refractivity (Wildman–Crippen MR) is 109 cm³/mol. The number of imidazole rings is 1.